The second kappa shape index (κ2) is 9.80. The Balaban J connectivity index is 2.08. The van der Waals surface area contributed by atoms with Crippen molar-refractivity contribution in [3.05, 3.63) is 60.0 Å². The van der Waals surface area contributed by atoms with Gasteiger partial charge in [0.05, 0.1) is 23.7 Å². The van der Waals surface area contributed by atoms with Gasteiger partial charge in [-0.05, 0) is 54.0 Å². The van der Waals surface area contributed by atoms with E-state index in [4.69, 9.17) is 26.8 Å². The van der Waals surface area contributed by atoms with Crippen LogP contribution in [0.3, 0.4) is 0 Å². The summed E-state index contributed by atoms with van der Waals surface area (Å²) < 4.78 is 13.4. The Kier molecular flexibility index (Phi) is 7.34. The van der Waals surface area contributed by atoms with Crippen LogP contribution in [0.25, 0.3) is 10.9 Å². The summed E-state index contributed by atoms with van der Waals surface area (Å²) >= 11 is 13.2. The van der Waals surface area contributed by atoms with Gasteiger partial charge in [-0.2, -0.15) is 9.78 Å². The molecule has 1 aromatic heterocycles. The number of carbonyl (C=O) groups excluding carboxylic acids is 1. The Labute approximate surface area is 199 Å². The molecule has 162 valence electrons. The van der Waals surface area contributed by atoms with Crippen LogP contribution in [0, 0.1) is 6.92 Å². The topological polar surface area (TPSA) is 109 Å². The fourth-order valence-corrected chi connectivity index (χ4v) is 3.77. The zero-order valence-corrected chi connectivity index (χ0v) is 20.4. The maximum atomic E-state index is 12.9. The van der Waals surface area contributed by atoms with Gasteiger partial charge in [-0.15, -0.1) is 0 Å². The average molecular weight is 573 g/mol. The third-order valence-corrected chi connectivity index (χ3v) is 6.03. The molecule has 0 atom stereocenters. The first kappa shape index (κ1) is 23.2. The molecule has 0 aliphatic rings. The Morgan fingerprint density at radius 3 is 2.74 bits per heavy atom. The number of nitrogens with two attached hydrogens (primary N) is 1. The minimum absolute atomic E-state index is 0.178. The minimum atomic E-state index is -0.648. The quantitative estimate of drug-likeness (QED) is 0.430. The lowest BCUT2D eigenvalue weighted by molar-refractivity contribution is -0.119. The maximum Gasteiger partial charge on any atom is 0.282 e. The summed E-state index contributed by atoms with van der Waals surface area (Å²) in [7, 11) is 0. The molecule has 2 aromatic carbocycles. The van der Waals surface area contributed by atoms with Gasteiger partial charge in [-0.25, -0.2) is 4.98 Å². The molecule has 8 nitrogen and oxygen atoms in total. The van der Waals surface area contributed by atoms with E-state index in [0.717, 1.165) is 4.47 Å². The van der Waals surface area contributed by atoms with Crippen molar-refractivity contribution < 1.29 is 14.3 Å². The van der Waals surface area contributed by atoms with E-state index in [1.165, 1.54) is 10.9 Å². The van der Waals surface area contributed by atoms with E-state index >= 15 is 0 Å². The monoisotopic (exact) mass is 570 g/mol. The maximum absolute atomic E-state index is 12.9. The van der Waals surface area contributed by atoms with E-state index in [1.807, 2.05) is 6.07 Å². The first-order valence-corrected chi connectivity index (χ1v) is 11.0. The molecule has 0 unspecified atom stereocenters. The van der Waals surface area contributed by atoms with Crippen LogP contribution >= 0.6 is 43.5 Å². The van der Waals surface area contributed by atoms with Gasteiger partial charge in [0.1, 0.15) is 10.8 Å². The molecule has 11 heteroatoms. The van der Waals surface area contributed by atoms with Crippen LogP contribution in [0.2, 0.25) is 5.02 Å². The van der Waals surface area contributed by atoms with Crippen LogP contribution in [0.1, 0.15) is 18.3 Å². The van der Waals surface area contributed by atoms with E-state index in [0.29, 0.717) is 39.1 Å². The highest BCUT2D eigenvalue weighted by Crippen LogP contribution is 2.42. The number of primary amides is 1. The average Bonchev–Trinajstić information content (AvgIpc) is 2.71. The Bertz CT molecular complexity index is 1260. The van der Waals surface area contributed by atoms with Gasteiger partial charge < -0.3 is 15.2 Å². The lowest BCUT2D eigenvalue weighted by Crippen LogP contribution is -2.21. The minimum Gasteiger partial charge on any atom is -0.490 e. The second-order valence-corrected chi connectivity index (χ2v) is 8.38. The summed E-state index contributed by atoms with van der Waals surface area (Å²) in [5.41, 5.74) is 5.95. The smallest absolute Gasteiger partial charge is 0.282 e. The molecule has 31 heavy (non-hydrogen) atoms. The van der Waals surface area contributed by atoms with Crippen LogP contribution in [0.5, 0.6) is 11.5 Å². The van der Waals surface area contributed by atoms with Crippen LogP contribution in [0.4, 0.5) is 0 Å². The number of amides is 1. The number of aryl methyl sites for hydroxylation is 1. The van der Waals surface area contributed by atoms with Crippen molar-refractivity contribution in [1.29, 1.82) is 0 Å². The molecule has 0 aliphatic carbocycles. The van der Waals surface area contributed by atoms with E-state index in [2.05, 4.69) is 41.9 Å². The number of rotatable bonds is 7. The molecule has 1 amide bonds. The van der Waals surface area contributed by atoms with Crippen molar-refractivity contribution in [1.82, 2.24) is 9.66 Å². The molecule has 0 aliphatic heterocycles. The van der Waals surface area contributed by atoms with E-state index in [1.54, 1.807) is 32.0 Å². The highest BCUT2D eigenvalue weighted by atomic mass is 79.9. The molecular formula is C20H17Br2ClN4O4. The highest BCUT2D eigenvalue weighted by Gasteiger charge is 2.18. The number of benzene rings is 2. The molecule has 0 saturated heterocycles. The van der Waals surface area contributed by atoms with Crippen molar-refractivity contribution in [2.75, 3.05) is 13.2 Å². The lowest BCUT2D eigenvalue weighted by Gasteiger charge is -2.15. The number of hydrogen-bond acceptors (Lipinski definition) is 6. The first-order valence-electron chi connectivity index (χ1n) is 9.02. The molecule has 1 heterocycles. The van der Waals surface area contributed by atoms with Crippen LogP contribution in [0.15, 0.2) is 43.1 Å². The number of aromatic nitrogens is 2. The lowest BCUT2D eigenvalue weighted by atomic mass is 10.2. The summed E-state index contributed by atoms with van der Waals surface area (Å²) in [5.74, 6) is 0.259. The van der Waals surface area contributed by atoms with Gasteiger partial charge >= 0.3 is 0 Å². The normalized spacial score (nSPS) is 11.3. The molecule has 2 N–H and O–H groups in total. The summed E-state index contributed by atoms with van der Waals surface area (Å²) in [6.45, 7) is 3.47. The van der Waals surface area contributed by atoms with Gasteiger partial charge in [0.15, 0.2) is 18.1 Å². The van der Waals surface area contributed by atoms with Gasteiger partial charge in [0.2, 0.25) is 0 Å². The van der Waals surface area contributed by atoms with Crippen molar-refractivity contribution >= 4 is 66.5 Å². The number of carbonyl (C=O) groups is 1. The van der Waals surface area contributed by atoms with Crippen molar-refractivity contribution in [3.8, 4) is 11.5 Å². The number of hydrogen-bond donors (Lipinski definition) is 1. The van der Waals surface area contributed by atoms with Crippen LogP contribution in [-0.2, 0) is 4.79 Å². The standard InChI is InChI=1S/C20H17Br2ClN4O4/c1-3-30-15-6-11(17(22)18(23)19(15)31-9-16(24)28)8-25-27-10(2)26-14-5-4-12(21)7-13(14)20(27)29/h4-8H,3,9H2,1-2H3,(H2,24,28). The van der Waals surface area contributed by atoms with Crippen molar-refractivity contribution in [3.63, 3.8) is 0 Å². The van der Waals surface area contributed by atoms with Gasteiger partial charge in [-0.3, -0.25) is 9.59 Å². The second-order valence-electron chi connectivity index (χ2n) is 6.29. The summed E-state index contributed by atoms with van der Waals surface area (Å²) in [4.78, 5) is 28.4. The molecule has 3 rings (SSSR count). The molecule has 0 bridgehead atoms. The highest BCUT2D eigenvalue weighted by molar-refractivity contribution is 9.10. The largest absolute Gasteiger partial charge is 0.490 e. The van der Waals surface area contributed by atoms with Gasteiger partial charge in [0.25, 0.3) is 11.5 Å². The first-order chi connectivity index (χ1) is 14.7. The molecule has 0 fully saturated rings. The predicted octanol–water partition coefficient (Wildman–Crippen LogP) is 4.03. The zero-order chi connectivity index (χ0) is 22.7. The van der Waals surface area contributed by atoms with Gasteiger partial charge in [-0.1, -0.05) is 27.5 Å². The van der Waals surface area contributed by atoms with E-state index in [9.17, 15) is 9.59 Å². The Hall–Kier alpha value is -2.43. The number of halogens is 3. The molecule has 3 aromatic rings. The molecule has 0 spiro atoms. The number of nitrogens with zero attached hydrogens (tertiary/aromatic N) is 3. The van der Waals surface area contributed by atoms with Crippen molar-refractivity contribution in [2.45, 2.75) is 13.8 Å². The Morgan fingerprint density at radius 2 is 2.06 bits per heavy atom. The number of fused-ring (bicyclic) bond motifs is 1. The van der Waals surface area contributed by atoms with E-state index < -0.39 is 5.91 Å². The molecular weight excluding hydrogens is 556 g/mol. The fraction of sp³-hybridized carbons (Fsp3) is 0.200. The van der Waals surface area contributed by atoms with Gasteiger partial charge in [0, 0.05) is 14.5 Å². The summed E-state index contributed by atoms with van der Waals surface area (Å²) in [5, 5.41) is 4.91. The predicted molar refractivity (Wildman–Crippen MR) is 126 cm³/mol. The van der Waals surface area contributed by atoms with E-state index in [-0.39, 0.29) is 22.9 Å². The third kappa shape index (κ3) is 5.08. The van der Waals surface area contributed by atoms with Crippen molar-refractivity contribution in [2.24, 2.45) is 10.8 Å². The SMILES string of the molecule is CCOc1cc(C=Nn2c(C)nc3ccc(Br)cc3c2=O)c(Br)c(Cl)c1OCC(N)=O. The van der Waals surface area contributed by atoms with Crippen LogP contribution < -0.4 is 20.8 Å². The summed E-state index contributed by atoms with van der Waals surface area (Å²) in [6, 6.07) is 6.90. The molecule has 0 saturated carbocycles. The zero-order valence-electron chi connectivity index (χ0n) is 16.5. The number of ether oxygens (including phenoxy) is 2. The third-order valence-electron chi connectivity index (χ3n) is 4.10. The molecule has 0 radical (unpaired) electrons. The fourth-order valence-electron chi connectivity index (χ4n) is 2.75. The summed E-state index contributed by atoms with van der Waals surface area (Å²) in [6.07, 6.45) is 1.45. The Morgan fingerprint density at radius 1 is 1.32 bits per heavy atom. The van der Waals surface area contributed by atoms with Crippen LogP contribution in [-0.4, -0.2) is 35.0 Å².